The van der Waals surface area contributed by atoms with E-state index in [1.165, 1.54) is 5.57 Å². The Kier molecular flexibility index (Phi) is 2.96. The van der Waals surface area contributed by atoms with Crippen LogP contribution in [0, 0.1) is 5.41 Å². The fraction of sp³-hybridized carbons (Fsp3) is 0.769. The zero-order valence-corrected chi connectivity index (χ0v) is 10.5. The first-order valence-corrected chi connectivity index (χ1v) is 6.22. The predicted octanol–water partition coefficient (Wildman–Crippen LogP) is 2.54. The van der Waals surface area contributed by atoms with Crippen molar-refractivity contribution in [3.05, 3.63) is 11.6 Å². The molecule has 0 unspecified atom stereocenters. The highest BCUT2D eigenvalue weighted by Gasteiger charge is 2.28. The van der Waals surface area contributed by atoms with Gasteiger partial charge in [0.15, 0.2) is 0 Å². The third-order valence-electron chi connectivity index (χ3n) is 3.36. The highest BCUT2D eigenvalue weighted by atomic mass is 16.2. The number of urea groups is 1. The minimum Gasteiger partial charge on any atom is -0.335 e. The summed E-state index contributed by atoms with van der Waals surface area (Å²) in [5, 5.41) is 3.03. The largest absolute Gasteiger partial charge is 0.335 e. The summed E-state index contributed by atoms with van der Waals surface area (Å²) in [6, 6.07) is 0.576. The van der Waals surface area contributed by atoms with Crippen molar-refractivity contribution in [3.8, 4) is 0 Å². The lowest BCUT2D eigenvalue weighted by molar-refractivity contribution is 0.199. The van der Waals surface area contributed by atoms with Crippen molar-refractivity contribution in [3.63, 3.8) is 0 Å². The van der Waals surface area contributed by atoms with Gasteiger partial charge in [-0.3, -0.25) is 0 Å². The number of nitrogens with zero attached hydrogens (tertiary/aromatic N) is 1. The van der Waals surface area contributed by atoms with E-state index in [9.17, 15) is 4.79 Å². The first-order chi connectivity index (χ1) is 7.47. The second kappa shape index (κ2) is 4.11. The molecule has 1 aliphatic heterocycles. The number of nitrogens with one attached hydrogen (secondary N) is 1. The first-order valence-electron chi connectivity index (χ1n) is 6.22. The minimum absolute atomic E-state index is 0.117. The first kappa shape index (κ1) is 11.5. The maximum atomic E-state index is 11.8. The highest BCUT2D eigenvalue weighted by molar-refractivity contribution is 5.75. The van der Waals surface area contributed by atoms with Gasteiger partial charge >= 0.3 is 6.03 Å². The molecule has 2 rings (SSSR count). The Morgan fingerprint density at radius 3 is 2.56 bits per heavy atom. The molecule has 0 atom stereocenters. The fourth-order valence-corrected chi connectivity index (χ4v) is 2.03. The lowest BCUT2D eigenvalue weighted by Crippen LogP contribution is -2.43. The Bertz CT molecular complexity index is 310. The molecule has 1 heterocycles. The van der Waals surface area contributed by atoms with Gasteiger partial charge in [0, 0.05) is 19.1 Å². The van der Waals surface area contributed by atoms with E-state index >= 15 is 0 Å². The van der Waals surface area contributed by atoms with Crippen LogP contribution in [0.3, 0.4) is 0 Å². The maximum Gasteiger partial charge on any atom is 0.317 e. The molecule has 3 heteroatoms. The molecule has 2 amide bonds. The van der Waals surface area contributed by atoms with Gasteiger partial charge in [0.05, 0.1) is 0 Å². The molecule has 3 nitrogen and oxygen atoms in total. The van der Waals surface area contributed by atoms with E-state index in [2.05, 4.69) is 32.2 Å². The third-order valence-corrected chi connectivity index (χ3v) is 3.36. The van der Waals surface area contributed by atoms with E-state index in [4.69, 9.17) is 0 Å². The summed E-state index contributed by atoms with van der Waals surface area (Å²) in [5.74, 6) is 0. The van der Waals surface area contributed by atoms with Gasteiger partial charge in [-0.05, 0) is 24.7 Å². The van der Waals surface area contributed by atoms with Crippen molar-refractivity contribution < 1.29 is 4.79 Å². The summed E-state index contributed by atoms with van der Waals surface area (Å²) in [5.41, 5.74) is 1.72. The Labute approximate surface area is 97.9 Å². The van der Waals surface area contributed by atoms with Crippen LogP contribution in [0.2, 0.25) is 0 Å². The van der Waals surface area contributed by atoms with E-state index in [1.54, 1.807) is 0 Å². The predicted molar refractivity (Wildman–Crippen MR) is 65.3 cm³/mol. The van der Waals surface area contributed by atoms with E-state index in [0.29, 0.717) is 6.04 Å². The topological polar surface area (TPSA) is 32.3 Å². The van der Waals surface area contributed by atoms with E-state index in [0.717, 1.165) is 32.4 Å². The molecule has 0 bridgehead atoms. The SMILES string of the molecule is CC(C)(C)C1=CCN(C(=O)NC2CC2)CC1. The van der Waals surface area contributed by atoms with Crippen molar-refractivity contribution in [2.45, 2.75) is 46.1 Å². The van der Waals surface area contributed by atoms with Crippen LogP contribution in [0.15, 0.2) is 11.6 Å². The molecule has 0 radical (unpaired) electrons. The van der Waals surface area contributed by atoms with Crippen molar-refractivity contribution in [1.82, 2.24) is 10.2 Å². The van der Waals surface area contributed by atoms with Crippen LogP contribution in [0.4, 0.5) is 4.79 Å². The number of amides is 2. The molecule has 0 aromatic carbocycles. The highest BCUT2D eigenvalue weighted by Crippen LogP contribution is 2.30. The monoisotopic (exact) mass is 222 g/mol. The average Bonchev–Trinajstić information content (AvgIpc) is 3.00. The number of hydrogen-bond donors (Lipinski definition) is 1. The van der Waals surface area contributed by atoms with Crippen LogP contribution in [-0.2, 0) is 0 Å². The molecule has 1 saturated carbocycles. The minimum atomic E-state index is 0.117. The van der Waals surface area contributed by atoms with E-state index in [1.807, 2.05) is 4.90 Å². The quantitative estimate of drug-likeness (QED) is 0.679. The van der Waals surface area contributed by atoms with Crippen molar-refractivity contribution in [2.75, 3.05) is 13.1 Å². The van der Waals surface area contributed by atoms with Gasteiger partial charge in [-0.2, -0.15) is 0 Å². The Hall–Kier alpha value is -0.990. The molecular weight excluding hydrogens is 200 g/mol. The summed E-state index contributed by atoms with van der Waals surface area (Å²) in [4.78, 5) is 13.7. The number of rotatable bonds is 1. The van der Waals surface area contributed by atoms with E-state index < -0.39 is 0 Å². The fourth-order valence-electron chi connectivity index (χ4n) is 2.03. The zero-order chi connectivity index (χ0) is 11.8. The summed E-state index contributed by atoms with van der Waals surface area (Å²) in [7, 11) is 0. The molecule has 90 valence electrons. The number of carbonyl (C=O) groups is 1. The van der Waals surface area contributed by atoms with Crippen molar-refractivity contribution in [2.24, 2.45) is 5.41 Å². The maximum absolute atomic E-state index is 11.8. The molecule has 0 spiro atoms. The number of hydrogen-bond acceptors (Lipinski definition) is 1. The smallest absolute Gasteiger partial charge is 0.317 e. The summed E-state index contributed by atoms with van der Waals surface area (Å²) in [6.45, 7) is 8.34. The zero-order valence-electron chi connectivity index (χ0n) is 10.5. The standard InChI is InChI=1S/C13H22N2O/c1-13(2,3)10-6-8-15(9-7-10)12(16)14-11-4-5-11/h6,11H,4-5,7-9H2,1-3H3,(H,14,16). The van der Waals surface area contributed by atoms with Gasteiger partial charge in [-0.1, -0.05) is 32.4 Å². The molecule has 1 aliphatic carbocycles. The molecule has 16 heavy (non-hydrogen) atoms. The average molecular weight is 222 g/mol. The molecule has 1 N–H and O–H groups in total. The van der Waals surface area contributed by atoms with Crippen LogP contribution in [0.1, 0.15) is 40.0 Å². The van der Waals surface area contributed by atoms with Crippen LogP contribution in [0.5, 0.6) is 0 Å². The molecule has 0 aromatic rings. The van der Waals surface area contributed by atoms with Crippen LogP contribution < -0.4 is 5.32 Å². The molecule has 0 aromatic heterocycles. The Morgan fingerprint density at radius 1 is 1.44 bits per heavy atom. The van der Waals surface area contributed by atoms with Crippen molar-refractivity contribution in [1.29, 1.82) is 0 Å². The van der Waals surface area contributed by atoms with Gasteiger partial charge in [0.2, 0.25) is 0 Å². The van der Waals surface area contributed by atoms with Crippen LogP contribution >= 0.6 is 0 Å². The third kappa shape index (κ3) is 2.77. The Balaban J connectivity index is 1.88. The van der Waals surface area contributed by atoms with Gasteiger partial charge in [0.1, 0.15) is 0 Å². The lowest BCUT2D eigenvalue weighted by Gasteiger charge is -2.32. The Morgan fingerprint density at radius 2 is 2.12 bits per heavy atom. The van der Waals surface area contributed by atoms with E-state index in [-0.39, 0.29) is 11.4 Å². The molecule has 1 fully saturated rings. The summed E-state index contributed by atoms with van der Waals surface area (Å²) < 4.78 is 0. The molecular formula is C13H22N2O. The van der Waals surface area contributed by atoms with Gasteiger partial charge in [-0.25, -0.2) is 4.79 Å². The van der Waals surface area contributed by atoms with Gasteiger partial charge in [0.25, 0.3) is 0 Å². The number of carbonyl (C=O) groups excluding carboxylic acids is 1. The summed E-state index contributed by atoms with van der Waals surface area (Å²) in [6.07, 6.45) is 5.54. The normalized spacial score (nSPS) is 21.7. The molecule has 0 saturated heterocycles. The van der Waals surface area contributed by atoms with Gasteiger partial charge < -0.3 is 10.2 Å². The van der Waals surface area contributed by atoms with Crippen LogP contribution in [-0.4, -0.2) is 30.1 Å². The summed E-state index contributed by atoms with van der Waals surface area (Å²) >= 11 is 0. The van der Waals surface area contributed by atoms with Crippen LogP contribution in [0.25, 0.3) is 0 Å². The second-order valence-electron chi connectivity index (χ2n) is 5.90. The van der Waals surface area contributed by atoms with Crippen molar-refractivity contribution >= 4 is 6.03 Å². The van der Waals surface area contributed by atoms with Gasteiger partial charge in [-0.15, -0.1) is 0 Å². The lowest BCUT2D eigenvalue weighted by atomic mass is 9.83. The molecule has 2 aliphatic rings. The second-order valence-corrected chi connectivity index (χ2v) is 5.90.